The number of carbonyl (C=O) groups excluding carboxylic acids is 3. The molecule has 0 saturated carbocycles. The van der Waals surface area contributed by atoms with E-state index >= 15 is 0 Å². The van der Waals surface area contributed by atoms with Crippen molar-refractivity contribution in [1.29, 1.82) is 0 Å². The lowest BCUT2D eigenvalue weighted by Crippen LogP contribution is -2.24. The second-order valence-corrected chi connectivity index (χ2v) is 8.51. The molecule has 1 heterocycles. The van der Waals surface area contributed by atoms with E-state index in [2.05, 4.69) is 33.0 Å². The molecule has 2 aromatic carbocycles. The third-order valence-electron chi connectivity index (χ3n) is 5.49. The predicted octanol–water partition coefficient (Wildman–Crippen LogP) is 4.86. The highest BCUT2D eigenvalue weighted by atomic mass is 16.5. The van der Waals surface area contributed by atoms with Crippen LogP contribution in [0.15, 0.2) is 48.7 Å². The first-order valence-corrected chi connectivity index (χ1v) is 11.0. The number of rotatable bonds is 8. The Morgan fingerprint density at radius 1 is 0.939 bits per heavy atom. The number of ether oxygens (including phenoxy) is 2. The number of nitrogens with zero attached hydrogens (tertiary/aromatic N) is 1. The number of fused-ring (bicyclic) bond motifs is 1. The summed E-state index contributed by atoms with van der Waals surface area (Å²) in [6, 6.07) is 13.2. The topological polar surface area (TPSA) is 86.6 Å². The van der Waals surface area contributed by atoms with Crippen LogP contribution in [0, 0.1) is 0 Å². The Bertz CT molecular complexity index is 1150. The minimum atomic E-state index is -0.580. The molecule has 0 radical (unpaired) electrons. The van der Waals surface area contributed by atoms with Crippen molar-refractivity contribution < 1.29 is 23.9 Å². The van der Waals surface area contributed by atoms with Gasteiger partial charge in [-0.15, -0.1) is 0 Å². The molecule has 0 aliphatic heterocycles. The Kier molecular flexibility index (Phi) is 7.53. The largest absolute Gasteiger partial charge is 0.465 e. The summed E-state index contributed by atoms with van der Waals surface area (Å²) in [6.45, 7) is 7.74. The Morgan fingerprint density at radius 2 is 1.58 bits per heavy atom. The highest BCUT2D eigenvalue weighted by Gasteiger charge is 2.19. The number of hydrogen-bond donors (Lipinski definition) is 1. The Morgan fingerprint density at radius 3 is 2.18 bits per heavy atom. The van der Waals surface area contributed by atoms with Gasteiger partial charge in [-0.1, -0.05) is 64.1 Å². The lowest BCUT2D eigenvalue weighted by molar-refractivity contribution is -0.147. The highest BCUT2D eigenvalue weighted by molar-refractivity contribution is 6.04. The van der Waals surface area contributed by atoms with Crippen LogP contribution >= 0.6 is 0 Å². The van der Waals surface area contributed by atoms with Gasteiger partial charge < -0.3 is 19.4 Å². The molecule has 3 aromatic rings. The lowest BCUT2D eigenvalue weighted by Gasteiger charge is -2.20. The normalized spacial score (nSPS) is 11.1. The van der Waals surface area contributed by atoms with E-state index in [1.54, 1.807) is 22.9 Å². The molecule has 174 valence electrons. The van der Waals surface area contributed by atoms with E-state index in [-0.39, 0.29) is 18.4 Å². The van der Waals surface area contributed by atoms with E-state index in [9.17, 15) is 14.4 Å². The van der Waals surface area contributed by atoms with Gasteiger partial charge in [0.05, 0.1) is 12.7 Å². The van der Waals surface area contributed by atoms with Crippen LogP contribution in [0.2, 0.25) is 0 Å². The maximum atomic E-state index is 12.6. The van der Waals surface area contributed by atoms with Crippen LogP contribution in [0.25, 0.3) is 10.9 Å². The molecule has 0 aliphatic rings. The molecule has 7 heteroatoms. The number of aromatic nitrogens is 1. The zero-order valence-electron chi connectivity index (χ0n) is 19.7. The number of para-hydroxylation sites is 2. The molecule has 0 spiro atoms. The zero-order chi connectivity index (χ0) is 24.1. The average molecular weight is 451 g/mol. The molecule has 33 heavy (non-hydrogen) atoms. The smallest absolute Gasteiger partial charge is 0.340 e. The molecule has 1 amide bonds. The minimum absolute atomic E-state index is 0.134. The van der Waals surface area contributed by atoms with Crippen molar-refractivity contribution in [2.24, 2.45) is 0 Å². The molecule has 0 bridgehead atoms. The fraction of sp³-hybridized carbons (Fsp3) is 0.346. The molecular weight excluding hydrogens is 420 g/mol. The average Bonchev–Trinajstić information content (AvgIpc) is 3.15. The van der Waals surface area contributed by atoms with Crippen molar-refractivity contribution in [1.82, 2.24) is 4.57 Å². The van der Waals surface area contributed by atoms with Crippen LogP contribution in [0.1, 0.15) is 61.0 Å². The van der Waals surface area contributed by atoms with Gasteiger partial charge in [-0.3, -0.25) is 9.59 Å². The number of nitrogens with one attached hydrogen (secondary N) is 1. The number of methoxy groups -OCH3 is 1. The number of hydrogen-bond acceptors (Lipinski definition) is 5. The molecule has 1 aromatic heterocycles. The quantitative estimate of drug-likeness (QED) is 0.496. The van der Waals surface area contributed by atoms with Gasteiger partial charge in [-0.2, -0.15) is 0 Å². The third-order valence-corrected chi connectivity index (χ3v) is 5.49. The summed E-state index contributed by atoms with van der Waals surface area (Å²) < 4.78 is 11.7. The molecule has 3 rings (SSSR count). The number of esters is 2. The van der Waals surface area contributed by atoms with Crippen LogP contribution in [-0.4, -0.2) is 36.1 Å². The van der Waals surface area contributed by atoms with E-state index in [0.29, 0.717) is 16.5 Å². The number of carbonyl (C=O) groups is 3. The van der Waals surface area contributed by atoms with Gasteiger partial charge in [-0.25, -0.2) is 4.79 Å². The van der Waals surface area contributed by atoms with Gasteiger partial charge in [0, 0.05) is 22.8 Å². The minimum Gasteiger partial charge on any atom is -0.465 e. The summed E-state index contributed by atoms with van der Waals surface area (Å²) >= 11 is 0. The van der Waals surface area contributed by atoms with Gasteiger partial charge in [0.2, 0.25) is 0 Å². The fourth-order valence-electron chi connectivity index (χ4n) is 3.85. The zero-order valence-corrected chi connectivity index (χ0v) is 19.7. The Balaban J connectivity index is 1.70. The van der Waals surface area contributed by atoms with Crippen molar-refractivity contribution in [2.45, 2.75) is 46.1 Å². The molecular formula is C26H30N2O5. The Labute approximate surface area is 193 Å². The number of benzene rings is 2. The monoisotopic (exact) mass is 450 g/mol. The summed E-state index contributed by atoms with van der Waals surface area (Å²) in [4.78, 5) is 37.1. The summed E-state index contributed by atoms with van der Waals surface area (Å²) in [5.74, 6) is -1.00. The summed E-state index contributed by atoms with van der Waals surface area (Å²) in [5, 5.41) is 3.62. The van der Waals surface area contributed by atoms with Crippen LogP contribution < -0.4 is 5.32 Å². The van der Waals surface area contributed by atoms with Gasteiger partial charge in [0.15, 0.2) is 6.61 Å². The summed E-state index contributed by atoms with van der Waals surface area (Å²) in [6.07, 6.45) is 1.56. The van der Waals surface area contributed by atoms with E-state index < -0.39 is 24.5 Å². The second kappa shape index (κ2) is 10.3. The molecule has 7 nitrogen and oxygen atoms in total. The van der Waals surface area contributed by atoms with E-state index in [1.807, 2.05) is 30.3 Å². The SMILES string of the molecule is COC(=O)c1cn(CC(=O)OCC(=O)Nc2c(C(C)C)cccc2C(C)C)c2ccccc12. The molecule has 0 saturated heterocycles. The van der Waals surface area contributed by atoms with Crippen molar-refractivity contribution >= 4 is 34.4 Å². The van der Waals surface area contributed by atoms with Crippen molar-refractivity contribution in [3.05, 3.63) is 65.4 Å². The fourth-order valence-corrected chi connectivity index (χ4v) is 3.85. The van der Waals surface area contributed by atoms with Gasteiger partial charge >= 0.3 is 11.9 Å². The first-order valence-electron chi connectivity index (χ1n) is 11.0. The molecule has 1 N–H and O–H groups in total. The van der Waals surface area contributed by atoms with Crippen molar-refractivity contribution in [2.75, 3.05) is 19.0 Å². The van der Waals surface area contributed by atoms with Crippen LogP contribution in [0.3, 0.4) is 0 Å². The Hall–Kier alpha value is -3.61. The van der Waals surface area contributed by atoms with Gasteiger partial charge in [0.25, 0.3) is 5.91 Å². The van der Waals surface area contributed by atoms with Crippen molar-refractivity contribution in [3.63, 3.8) is 0 Å². The maximum absolute atomic E-state index is 12.6. The van der Waals surface area contributed by atoms with Crippen LogP contribution in [0.4, 0.5) is 5.69 Å². The maximum Gasteiger partial charge on any atom is 0.340 e. The van der Waals surface area contributed by atoms with Crippen molar-refractivity contribution in [3.8, 4) is 0 Å². The standard InChI is InChI=1S/C26H30N2O5/c1-16(2)18-10-8-11-19(17(3)4)25(18)27-23(29)15-33-24(30)14-28-13-21(26(31)32-5)20-9-6-7-12-22(20)28/h6-13,16-17H,14-15H2,1-5H3,(H,27,29). The van der Waals surface area contributed by atoms with Gasteiger partial charge in [-0.05, 0) is 29.0 Å². The lowest BCUT2D eigenvalue weighted by atomic mass is 9.92. The molecule has 0 unspecified atom stereocenters. The van der Waals surface area contributed by atoms with Gasteiger partial charge in [0.1, 0.15) is 6.54 Å². The molecule has 0 atom stereocenters. The summed E-state index contributed by atoms with van der Waals surface area (Å²) in [7, 11) is 1.31. The van der Waals surface area contributed by atoms with Crippen LogP contribution in [-0.2, 0) is 25.6 Å². The number of amides is 1. The van der Waals surface area contributed by atoms with E-state index in [4.69, 9.17) is 9.47 Å². The molecule has 0 fully saturated rings. The summed E-state index contributed by atoms with van der Waals surface area (Å²) in [5.41, 5.74) is 3.92. The molecule has 0 aliphatic carbocycles. The predicted molar refractivity (Wildman–Crippen MR) is 127 cm³/mol. The second-order valence-electron chi connectivity index (χ2n) is 8.51. The highest BCUT2D eigenvalue weighted by Crippen LogP contribution is 2.32. The number of anilines is 1. The first-order chi connectivity index (χ1) is 15.7. The van der Waals surface area contributed by atoms with E-state index in [1.165, 1.54) is 7.11 Å². The first kappa shape index (κ1) is 24.0. The van der Waals surface area contributed by atoms with E-state index in [0.717, 1.165) is 16.8 Å². The third kappa shape index (κ3) is 5.42. The van der Waals surface area contributed by atoms with Crippen LogP contribution in [0.5, 0.6) is 0 Å².